The van der Waals surface area contributed by atoms with Gasteiger partial charge in [-0.15, -0.1) is 0 Å². The zero-order valence-corrected chi connectivity index (χ0v) is 9.08. The van der Waals surface area contributed by atoms with Crippen molar-refractivity contribution in [2.24, 2.45) is 0 Å². The summed E-state index contributed by atoms with van der Waals surface area (Å²) >= 11 is 0. The molecule has 0 aliphatic heterocycles. The van der Waals surface area contributed by atoms with Gasteiger partial charge in [0.05, 0.1) is 11.2 Å². The fourth-order valence-corrected chi connectivity index (χ4v) is 1.63. The quantitative estimate of drug-likeness (QED) is 0.659. The van der Waals surface area contributed by atoms with Crippen molar-refractivity contribution in [2.45, 2.75) is 26.2 Å². The van der Waals surface area contributed by atoms with Crippen molar-refractivity contribution in [1.82, 2.24) is 9.97 Å². The molecule has 0 bridgehead atoms. The van der Waals surface area contributed by atoms with Crippen molar-refractivity contribution in [3.05, 3.63) is 36.0 Å². The molecule has 0 radical (unpaired) electrons. The van der Waals surface area contributed by atoms with Gasteiger partial charge in [0.1, 0.15) is 12.1 Å². The molecule has 1 heterocycles. The van der Waals surface area contributed by atoms with Crippen molar-refractivity contribution >= 4 is 10.9 Å². The van der Waals surface area contributed by atoms with Crippen LogP contribution in [0.2, 0.25) is 0 Å². The molecule has 2 rings (SSSR count). The van der Waals surface area contributed by atoms with Crippen molar-refractivity contribution in [1.29, 1.82) is 0 Å². The van der Waals surface area contributed by atoms with E-state index in [0.29, 0.717) is 0 Å². The zero-order valence-electron chi connectivity index (χ0n) is 9.08. The summed E-state index contributed by atoms with van der Waals surface area (Å²) < 4.78 is 13.1. The summed E-state index contributed by atoms with van der Waals surface area (Å²) in [5.74, 6) is -0.247. The summed E-state index contributed by atoms with van der Waals surface area (Å²) in [5, 5.41) is 0.796. The first-order valence-corrected chi connectivity index (χ1v) is 4.89. The van der Waals surface area contributed by atoms with E-state index in [1.807, 2.05) is 0 Å². The molecule has 1 aromatic carbocycles. The molecule has 0 atom stereocenters. The lowest BCUT2D eigenvalue weighted by atomic mass is 9.89. The minimum Gasteiger partial charge on any atom is -0.240 e. The van der Waals surface area contributed by atoms with Crippen molar-refractivity contribution in [2.75, 3.05) is 0 Å². The molecule has 3 heteroatoms. The minimum absolute atomic E-state index is 0.102. The highest BCUT2D eigenvalue weighted by Crippen LogP contribution is 2.27. The second kappa shape index (κ2) is 3.26. The Labute approximate surface area is 88.2 Å². The largest absolute Gasteiger partial charge is 0.240 e. The number of hydrogen-bond donors (Lipinski definition) is 0. The predicted molar refractivity (Wildman–Crippen MR) is 58.2 cm³/mol. The number of fused-ring (bicyclic) bond motifs is 1. The Kier molecular flexibility index (Phi) is 2.18. The normalized spacial score (nSPS) is 12.0. The first kappa shape index (κ1) is 10.0. The number of benzene rings is 1. The third-order valence-corrected chi connectivity index (χ3v) is 2.31. The van der Waals surface area contributed by atoms with Crippen LogP contribution in [-0.4, -0.2) is 9.97 Å². The van der Waals surface area contributed by atoms with Crippen LogP contribution in [-0.2, 0) is 5.41 Å². The average molecular weight is 204 g/mol. The van der Waals surface area contributed by atoms with Gasteiger partial charge in [0.2, 0.25) is 0 Å². The van der Waals surface area contributed by atoms with Crippen molar-refractivity contribution in [3.8, 4) is 0 Å². The summed E-state index contributed by atoms with van der Waals surface area (Å²) in [4.78, 5) is 8.36. The predicted octanol–water partition coefficient (Wildman–Crippen LogP) is 3.07. The molecular weight excluding hydrogens is 191 g/mol. The highest BCUT2D eigenvalue weighted by Gasteiger charge is 2.18. The second-order valence-corrected chi connectivity index (χ2v) is 4.63. The van der Waals surface area contributed by atoms with Gasteiger partial charge in [0.15, 0.2) is 0 Å². The molecule has 0 aliphatic rings. The summed E-state index contributed by atoms with van der Waals surface area (Å²) in [6, 6.07) is 4.60. The second-order valence-electron chi connectivity index (χ2n) is 4.63. The van der Waals surface area contributed by atoms with E-state index in [1.54, 1.807) is 6.07 Å². The van der Waals surface area contributed by atoms with E-state index in [9.17, 15) is 4.39 Å². The Balaban J connectivity index is 2.80. The van der Waals surface area contributed by atoms with Crippen LogP contribution in [0.3, 0.4) is 0 Å². The van der Waals surface area contributed by atoms with Crippen LogP contribution in [0.25, 0.3) is 10.9 Å². The Morgan fingerprint density at radius 2 is 1.87 bits per heavy atom. The molecule has 0 saturated heterocycles. The lowest BCUT2D eigenvalue weighted by Crippen LogP contribution is -2.14. The third-order valence-electron chi connectivity index (χ3n) is 2.31. The Hall–Kier alpha value is -1.51. The van der Waals surface area contributed by atoms with Crippen LogP contribution in [0.5, 0.6) is 0 Å². The maximum Gasteiger partial charge on any atom is 0.124 e. The molecule has 1 aromatic heterocycles. The maximum absolute atomic E-state index is 13.1. The van der Waals surface area contributed by atoms with E-state index in [-0.39, 0.29) is 11.2 Å². The standard InChI is InChI=1S/C12H13FN2/c1-12(2,3)11-9-6-8(13)4-5-10(9)14-7-15-11/h4-7H,1-3H3. The van der Waals surface area contributed by atoms with Gasteiger partial charge < -0.3 is 0 Å². The zero-order chi connectivity index (χ0) is 11.1. The SMILES string of the molecule is CC(C)(C)c1ncnc2ccc(F)cc12. The molecule has 0 N–H and O–H groups in total. The van der Waals surface area contributed by atoms with E-state index in [2.05, 4.69) is 30.7 Å². The summed E-state index contributed by atoms with van der Waals surface area (Å²) in [7, 11) is 0. The molecule has 78 valence electrons. The Bertz CT molecular complexity index is 500. The van der Waals surface area contributed by atoms with Crippen LogP contribution >= 0.6 is 0 Å². The first-order chi connectivity index (χ1) is 6.98. The van der Waals surface area contributed by atoms with Gasteiger partial charge >= 0.3 is 0 Å². The lowest BCUT2D eigenvalue weighted by molar-refractivity contribution is 0.573. The highest BCUT2D eigenvalue weighted by molar-refractivity contribution is 5.81. The molecule has 2 nitrogen and oxygen atoms in total. The smallest absolute Gasteiger partial charge is 0.124 e. The van der Waals surface area contributed by atoms with Gasteiger partial charge in [-0.3, -0.25) is 0 Å². The van der Waals surface area contributed by atoms with Crippen LogP contribution in [0.4, 0.5) is 4.39 Å². The minimum atomic E-state index is -0.247. The summed E-state index contributed by atoms with van der Waals surface area (Å²) in [6.07, 6.45) is 1.53. The molecule has 0 amide bonds. The number of rotatable bonds is 0. The summed E-state index contributed by atoms with van der Waals surface area (Å²) in [5.41, 5.74) is 1.57. The van der Waals surface area contributed by atoms with Crippen LogP contribution in [0.1, 0.15) is 26.5 Å². The van der Waals surface area contributed by atoms with E-state index >= 15 is 0 Å². The molecule has 15 heavy (non-hydrogen) atoms. The molecule has 0 spiro atoms. The van der Waals surface area contributed by atoms with Gasteiger partial charge in [-0.05, 0) is 18.2 Å². The fourth-order valence-electron chi connectivity index (χ4n) is 1.63. The molecule has 0 saturated carbocycles. The molecule has 0 fully saturated rings. The van der Waals surface area contributed by atoms with Crippen LogP contribution in [0.15, 0.2) is 24.5 Å². The number of halogens is 1. The van der Waals surface area contributed by atoms with Gasteiger partial charge in [-0.1, -0.05) is 20.8 Å². The maximum atomic E-state index is 13.1. The molecule has 0 aliphatic carbocycles. The van der Waals surface area contributed by atoms with Crippen LogP contribution < -0.4 is 0 Å². The van der Waals surface area contributed by atoms with Crippen molar-refractivity contribution in [3.63, 3.8) is 0 Å². The van der Waals surface area contributed by atoms with Gasteiger partial charge in [-0.25, -0.2) is 14.4 Å². The topological polar surface area (TPSA) is 25.8 Å². The summed E-state index contributed by atoms with van der Waals surface area (Å²) in [6.45, 7) is 6.17. The number of aromatic nitrogens is 2. The van der Waals surface area contributed by atoms with E-state index in [4.69, 9.17) is 0 Å². The van der Waals surface area contributed by atoms with Gasteiger partial charge in [0.25, 0.3) is 0 Å². The molecule has 2 aromatic rings. The molecular formula is C12H13FN2. The average Bonchev–Trinajstić information content (AvgIpc) is 2.15. The van der Waals surface area contributed by atoms with Crippen molar-refractivity contribution < 1.29 is 4.39 Å². The molecule has 0 unspecified atom stereocenters. The van der Waals surface area contributed by atoms with Crippen LogP contribution in [0, 0.1) is 5.82 Å². The Morgan fingerprint density at radius 1 is 1.13 bits per heavy atom. The fraction of sp³-hybridized carbons (Fsp3) is 0.333. The third kappa shape index (κ3) is 1.82. The van der Waals surface area contributed by atoms with Gasteiger partial charge in [-0.2, -0.15) is 0 Å². The lowest BCUT2D eigenvalue weighted by Gasteiger charge is -2.19. The van der Waals surface area contributed by atoms with E-state index in [1.165, 1.54) is 18.5 Å². The van der Waals surface area contributed by atoms with E-state index in [0.717, 1.165) is 16.6 Å². The number of hydrogen-bond acceptors (Lipinski definition) is 2. The Morgan fingerprint density at radius 3 is 2.53 bits per heavy atom. The van der Waals surface area contributed by atoms with Gasteiger partial charge in [0, 0.05) is 10.8 Å². The highest BCUT2D eigenvalue weighted by atomic mass is 19.1. The number of nitrogens with zero attached hydrogens (tertiary/aromatic N) is 2. The monoisotopic (exact) mass is 204 g/mol. The van der Waals surface area contributed by atoms with E-state index < -0.39 is 0 Å². The first-order valence-electron chi connectivity index (χ1n) is 4.89.